The van der Waals surface area contributed by atoms with Crippen LogP contribution in [0.3, 0.4) is 0 Å². The Morgan fingerprint density at radius 1 is 1.21 bits per heavy atom. The number of thiophene rings is 1. The Balaban J connectivity index is 1.62. The van der Waals surface area contributed by atoms with Crippen LogP contribution in [0.15, 0.2) is 69.6 Å². The molecule has 0 saturated carbocycles. The van der Waals surface area contributed by atoms with Crippen LogP contribution in [0, 0.1) is 10.1 Å². The third-order valence-electron chi connectivity index (χ3n) is 4.92. The van der Waals surface area contributed by atoms with E-state index < -0.39 is 6.23 Å². The van der Waals surface area contributed by atoms with E-state index in [0.717, 1.165) is 32.8 Å². The van der Waals surface area contributed by atoms with Gasteiger partial charge in [-0.05, 0) is 29.6 Å². The number of nitro benzene ring substituents is 1. The summed E-state index contributed by atoms with van der Waals surface area (Å²) in [6.45, 7) is 0. The maximum atomic E-state index is 11.2. The SMILES string of the molecule is O=[N+]([O-])c1cccc(C2Oc3ccc(Br)cc3C3CC(c4cccs4)=NN32)c1. The first kappa shape index (κ1) is 17.4. The maximum absolute atomic E-state index is 11.2. The predicted octanol–water partition coefficient (Wildman–Crippen LogP) is 5.66. The molecule has 2 aliphatic heterocycles. The molecule has 0 bridgehead atoms. The number of benzene rings is 2. The molecule has 6 nitrogen and oxygen atoms in total. The summed E-state index contributed by atoms with van der Waals surface area (Å²) in [5.41, 5.74) is 2.82. The van der Waals surface area contributed by atoms with Crippen LogP contribution < -0.4 is 4.74 Å². The molecule has 2 aliphatic rings. The van der Waals surface area contributed by atoms with E-state index in [1.54, 1.807) is 23.5 Å². The highest BCUT2D eigenvalue weighted by Gasteiger charge is 2.41. The summed E-state index contributed by atoms with van der Waals surface area (Å²) in [4.78, 5) is 12.0. The Bertz CT molecular complexity index is 1100. The number of ether oxygens (including phenoxy) is 1. The summed E-state index contributed by atoms with van der Waals surface area (Å²) in [5.74, 6) is 0.781. The quantitative estimate of drug-likeness (QED) is 0.377. The van der Waals surface area contributed by atoms with Crippen LogP contribution in [0.25, 0.3) is 0 Å². The summed E-state index contributed by atoms with van der Waals surface area (Å²) >= 11 is 5.20. The first-order valence-electron chi connectivity index (χ1n) is 8.70. The zero-order valence-corrected chi connectivity index (χ0v) is 16.9. The highest BCUT2D eigenvalue weighted by molar-refractivity contribution is 9.10. The van der Waals surface area contributed by atoms with Crippen molar-refractivity contribution in [2.24, 2.45) is 5.10 Å². The van der Waals surface area contributed by atoms with Gasteiger partial charge in [-0.15, -0.1) is 11.3 Å². The van der Waals surface area contributed by atoms with Gasteiger partial charge in [-0.25, -0.2) is 5.01 Å². The fourth-order valence-electron chi connectivity index (χ4n) is 3.66. The first-order chi connectivity index (χ1) is 13.6. The lowest BCUT2D eigenvalue weighted by atomic mass is 9.97. The van der Waals surface area contributed by atoms with Crippen LogP contribution in [0.2, 0.25) is 0 Å². The molecule has 3 heterocycles. The lowest BCUT2D eigenvalue weighted by Gasteiger charge is -2.38. The van der Waals surface area contributed by atoms with E-state index in [-0.39, 0.29) is 16.7 Å². The standard InChI is InChI=1S/C20H14BrN3O3S/c21-13-6-7-18-15(10-13)17-11-16(19-5-2-8-28-19)22-23(17)20(27-18)12-3-1-4-14(9-12)24(25)26/h1-10,17,20H,11H2. The predicted molar refractivity (Wildman–Crippen MR) is 111 cm³/mol. The molecule has 0 N–H and O–H groups in total. The third kappa shape index (κ3) is 2.89. The van der Waals surface area contributed by atoms with Gasteiger partial charge in [0.1, 0.15) is 5.75 Å². The molecule has 28 heavy (non-hydrogen) atoms. The van der Waals surface area contributed by atoms with Crippen molar-refractivity contribution in [3.05, 3.63) is 90.6 Å². The van der Waals surface area contributed by atoms with Crippen LogP contribution in [0.5, 0.6) is 5.75 Å². The van der Waals surface area contributed by atoms with E-state index in [4.69, 9.17) is 9.84 Å². The molecule has 0 aliphatic carbocycles. The molecular weight excluding hydrogens is 442 g/mol. The van der Waals surface area contributed by atoms with E-state index in [2.05, 4.69) is 28.1 Å². The Morgan fingerprint density at radius 2 is 2.11 bits per heavy atom. The van der Waals surface area contributed by atoms with E-state index in [0.29, 0.717) is 5.56 Å². The molecule has 0 radical (unpaired) electrons. The minimum absolute atomic E-state index is 0.0163. The molecule has 2 unspecified atom stereocenters. The van der Waals surface area contributed by atoms with Crippen molar-refractivity contribution in [3.8, 4) is 5.75 Å². The van der Waals surface area contributed by atoms with Crippen molar-refractivity contribution in [1.29, 1.82) is 0 Å². The summed E-state index contributed by atoms with van der Waals surface area (Å²) in [5, 5.41) is 20.1. The molecule has 5 rings (SSSR count). The first-order valence-corrected chi connectivity index (χ1v) is 10.4. The molecule has 1 aromatic heterocycles. The van der Waals surface area contributed by atoms with Gasteiger partial charge in [0, 0.05) is 34.2 Å². The second-order valence-corrected chi connectivity index (χ2v) is 8.49. The number of non-ortho nitro benzene ring substituents is 1. The molecule has 3 aromatic rings. The van der Waals surface area contributed by atoms with Crippen molar-refractivity contribution >= 4 is 38.7 Å². The van der Waals surface area contributed by atoms with Gasteiger partial charge in [-0.1, -0.05) is 34.1 Å². The number of halogens is 1. The second-order valence-electron chi connectivity index (χ2n) is 6.63. The molecule has 140 valence electrons. The van der Waals surface area contributed by atoms with E-state index in [1.165, 1.54) is 6.07 Å². The monoisotopic (exact) mass is 455 g/mol. The minimum atomic E-state index is -0.518. The van der Waals surface area contributed by atoms with Gasteiger partial charge in [0.2, 0.25) is 6.23 Å². The van der Waals surface area contributed by atoms with Crippen LogP contribution >= 0.6 is 27.3 Å². The fourth-order valence-corrected chi connectivity index (χ4v) is 4.76. The van der Waals surface area contributed by atoms with Gasteiger partial charge in [-0.2, -0.15) is 5.10 Å². The number of nitro groups is 1. The summed E-state index contributed by atoms with van der Waals surface area (Å²) in [7, 11) is 0. The van der Waals surface area contributed by atoms with Crippen molar-refractivity contribution in [2.45, 2.75) is 18.7 Å². The van der Waals surface area contributed by atoms with Gasteiger partial charge in [0.05, 0.1) is 21.6 Å². The number of rotatable bonds is 3. The molecule has 0 amide bonds. The van der Waals surface area contributed by atoms with Crippen molar-refractivity contribution in [2.75, 3.05) is 0 Å². The molecule has 2 aromatic carbocycles. The van der Waals surface area contributed by atoms with Gasteiger partial charge >= 0.3 is 0 Å². The summed E-state index contributed by atoms with van der Waals surface area (Å²) < 4.78 is 7.25. The average Bonchev–Trinajstić information content (AvgIpc) is 3.37. The highest BCUT2D eigenvalue weighted by Crippen LogP contribution is 2.48. The van der Waals surface area contributed by atoms with Crippen LogP contribution in [-0.2, 0) is 0 Å². The smallest absolute Gasteiger partial charge is 0.269 e. The molecule has 8 heteroatoms. The second kappa shape index (κ2) is 6.72. The number of hydrazone groups is 1. The van der Waals surface area contributed by atoms with Crippen molar-refractivity contribution in [3.63, 3.8) is 0 Å². The number of hydrogen-bond acceptors (Lipinski definition) is 6. The van der Waals surface area contributed by atoms with Crippen molar-refractivity contribution < 1.29 is 9.66 Å². The number of hydrogen-bond donors (Lipinski definition) is 0. The lowest BCUT2D eigenvalue weighted by Crippen LogP contribution is -2.33. The molecular formula is C20H14BrN3O3S. The van der Waals surface area contributed by atoms with E-state index >= 15 is 0 Å². The average molecular weight is 456 g/mol. The molecule has 0 fully saturated rings. The topological polar surface area (TPSA) is 68.0 Å². The van der Waals surface area contributed by atoms with Crippen LogP contribution in [0.4, 0.5) is 5.69 Å². The Hall–Kier alpha value is -2.71. The Morgan fingerprint density at radius 3 is 2.89 bits per heavy atom. The lowest BCUT2D eigenvalue weighted by molar-refractivity contribution is -0.385. The van der Waals surface area contributed by atoms with Crippen LogP contribution in [-0.4, -0.2) is 15.6 Å². The molecule has 2 atom stereocenters. The zero-order chi connectivity index (χ0) is 19.3. The third-order valence-corrected chi connectivity index (χ3v) is 6.34. The minimum Gasteiger partial charge on any atom is -0.464 e. The van der Waals surface area contributed by atoms with Gasteiger partial charge in [-0.3, -0.25) is 10.1 Å². The Kier molecular flexibility index (Phi) is 4.17. The zero-order valence-electron chi connectivity index (χ0n) is 14.5. The maximum Gasteiger partial charge on any atom is 0.269 e. The molecule has 0 spiro atoms. The van der Waals surface area contributed by atoms with Gasteiger partial charge in [0.15, 0.2) is 0 Å². The highest BCUT2D eigenvalue weighted by atomic mass is 79.9. The number of fused-ring (bicyclic) bond motifs is 3. The van der Waals surface area contributed by atoms with Gasteiger partial charge in [0.25, 0.3) is 5.69 Å². The summed E-state index contributed by atoms with van der Waals surface area (Å²) in [6.07, 6.45) is 0.245. The van der Waals surface area contributed by atoms with Gasteiger partial charge < -0.3 is 4.74 Å². The fraction of sp³-hybridized carbons (Fsp3) is 0.150. The summed E-state index contributed by atoms with van der Waals surface area (Å²) in [6, 6.07) is 16.6. The Labute approximate surface area is 173 Å². The number of nitrogens with zero attached hydrogens (tertiary/aromatic N) is 3. The van der Waals surface area contributed by atoms with Crippen LogP contribution in [0.1, 0.15) is 34.7 Å². The normalized spacial score (nSPS) is 20.2. The molecule has 0 saturated heterocycles. The van der Waals surface area contributed by atoms with E-state index in [1.807, 2.05) is 34.7 Å². The largest absolute Gasteiger partial charge is 0.464 e. The van der Waals surface area contributed by atoms with Crippen molar-refractivity contribution in [1.82, 2.24) is 5.01 Å². The van der Waals surface area contributed by atoms with E-state index in [9.17, 15) is 10.1 Å².